The van der Waals surface area contributed by atoms with E-state index in [0.717, 1.165) is 5.56 Å². The monoisotopic (exact) mass is 341 g/mol. The summed E-state index contributed by atoms with van der Waals surface area (Å²) < 4.78 is 26.7. The molecule has 0 fully saturated rings. The quantitative estimate of drug-likeness (QED) is 0.805. The second-order valence-electron chi connectivity index (χ2n) is 3.51. The number of nitrogens with one attached hydrogen (secondary N) is 1. The number of hydrogen-bond donors (Lipinski definition) is 2. The molecule has 1 rings (SSSR count). The molecule has 1 aromatic carbocycles. The number of halogens is 2. The van der Waals surface area contributed by atoms with Crippen LogP contribution >= 0.6 is 27.5 Å². The first-order valence-electron chi connectivity index (χ1n) is 4.94. The molecule has 4 nitrogen and oxygen atoms in total. The van der Waals surface area contributed by atoms with Crippen LogP contribution in [0, 0.1) is 6.92 Å². The van der Waals surface area contributed by atoms with Crippen LogP contribution in [0.1, 0.15) is 12.0 Å². The summed E-state index contributed by atoms with van der Waals surface area (Å²) in [6.07, 6.45) is 0.371. The smallest absolute Gasteiger partial charge is 0.241 e. The zero-order valence-corrected chi connectivity index (χ0v) is 12.4. The second kappa shape index (κ2) is 6.15. The summed E-state index contributed by atoms with van der Waals surface area (Å²) in [5.41, 5.74) is 0.799. The number of aryl methyl sites for hydroxylation is 1. The van der Waals surface area contributed by atoms with Gasteiger partial charge in [-0.2, -0.15) is 0 Å². The maximum Gasteiger partial charge on any atom is 0.241 e. The maximum atomic E-state index is 11.9. The number of sulfonamides is 1. The number of aliphatic hydroxyl groups excluding tert-OH is 1. The van der Waals surface area contributed by atoms with Crippen molar-refractivity contribution < 1.29 is 13.5 Å². The summed E-state index contributed by atoms with van der Waals surface area (Å²) in [6.45, 7) is 1.93. The Bertz CT molecular complexity index is 505. The standard InChI is InChI=1S/C10H13BrClNO3S/c1-7-5-8(11)10(6-9(7)12)17(15,16)13-3-2-4-14/h5-6,13-14H,2-4H2,1H3. The van der Waals surface area contributed by atoms with Gasteiger partial charge in [0.1, 0.15) is 0 Å². The average Bonchev–Trinajstić information content (AvgIpc) is 2.23. The highest BCUT2D eigenvalue weighted by molar-refractivity contribution is 9.10. The molecule has 17 heavy (non-hydrogen) atoms. The van der Waals surface area contributed by atoms with Crippen molar-refractivity contribution in [1.29, 1.82) is 0 Å². The Labute approximate surface area is 114 Å². The number of rotatable bonds is 5. The third kappa shape index (κ3) is 3.93. The van der Waals surface area contributed by atoms with Crippen LogP contribution in [0.25, 0.3) is 0 Å². The summed E-state index contributed by atoms with van der Waals surface area (Å²) in [5.74, 6) is 0. The molecule has 0 spiro atoms. The molecule has 0 bridgehead atoms. The number of hydrogen-bond acceptors (Lipinski definition) is 3. The molecule has 0 aliphatic heterocycles. The van der Waals surface area contributed by atoms with Crippen molar-refractivity contribution in [2.75, 3.05) is 13.2 Å². The van der Waals surface area contributed by atoms with Gasteiger partial charge in [0, 0.05) is 22.6 Å². The van der Waals surface area contributed by atoms with Crippen LogP contribution in [0.15, 0.2) is 21.5 Å². The summed E-state index contributed by atoms with van der Waals surface area (Å²) in [7, 11) is -3.59. The van der Waals surface area contributed by atoms with E-state index in [4.69, 9.17) is 16.7 Å². The molecule has 0 amide bonds. The van der Waals surface area contributed by atoms with Gasteiger partial charge in [-0.05, 0) is 47.0 Å². The van der Waals surface area contributed by atoms with E-state index in [9.17, 15) is 8.42 Å². The Kier molecular flexibility index (Phi) is 5.40. The summed E-state index contributed by atoms with van der Waals surface area (Å²) in [5, 5.41) is 9.00. The predicted octanol–water partition coefficient (Wildman–Crippen LogP) is 2.07. The Balaban J connectivity index is 3.03. The van der Waals surface area contributed by atoms with Crippen molar-refractivity contribution in [3.63, 3.8) is 0 Å². The fraction of sp³-hybridized carbons (Fsp3) is 0.400. The average molecular weight is 343 g/mol. The molecule has 0 atom stereocenters. The number of aliphatic hydroxyl groups is 1. The molecule has 0 aliphatic carbocycles. The van der Waals surface area contributed by atoms with Crippen LogP contribution in [-0.2, 0) is 10.0 Å². The molecule has 0 radical (unpaired) electrons. The van der Waals surface area contributed by atoms with Gasteiger partial charge in [-0.3, -0.25) is 0 Å². The SMILES string of the molecule is Cc1cc(Br)c(S(=O)(=O)NCCCO)cc1Cl. The van der Waals surface area contributed by atoms with Crippen molar-refractivity contribution in [2.24, 2.45) is 0 Å². The highest BCUT2D eigenvalue weighted by Gasteiger charge is 2.18. The van der Waals surface area contributed by atoms with Gasteiger partial charge in [-0.15, -0.1) is 0 Å². The van der Waals surface area contributed by atoms with Gasteiger partial charge < -0.3 is 5.11 Å². The largest absolute Gasteiger partial charge is 0.396 e. The summed E-state index contributed by atoms with van der Waals surface area (Å²) in [4.78, 5) is 0.103. The van der Waals surface area contributed by atoms with Gasteiger partial charge in [0.05, 0.1) is 4.90 Å². The molecular formula is C10H13BrClNO3S. The van der Waals surface area contributed by atoms with Crippen molar-refractivity contribution in [3.05, 3.63) is 27.2 Å². The molecule has 1 aromatic rings. The van der Waals surface area contributed by atoms with Gasteiger partial charge in [-0.1, -0.05) is 11.6 Å². The van der Waals surface area contributed by atoms with E-state index in [-0.39, 0.29) is 18.0 Å². The van der Waals surface area contributed by atoms with E-state index in [1.807, 2.05) is 0 Å². The normalized spacial score (nSPS) is 11.8. The fourth-order valence-corrected chi connectivity index (χ4v) is 3.68. The zero-order chi connectivity index (χ0) is 13.1. The molecule has 2 N–H and O–H groups in total. The molecule has 7 heteroatoms. The van der Waals surface area contributed by atoms with Crippen LogP contribution in [-0.4, -0.2) is 26.7 Å². The zero-order valence-electron chi connectivity index (χ0n) is 9.20. The van der Waals surface area contributed by atoms with Gasteiger partial charge in [0.25, 0.3) is 0 Å². The second-order valence-corrected chi connectivity index (χ2v) is 6.50. The van der Waals surface area contributed by atoms with Crippen molar-refractivity contribution in [1.82, 2.24) is 4.72 Å². The van der Waals surface area contributed by atoms with Crippen LogP contribution < -0.4 is 4.72 Å². The molecule has 0 saturated carbocycles. The molecule has 0 aromatic heterocycles. The van der Waals surface area contributed by atoms with Crippen molar-refractivity contribution in [2.45, 2.75) is 18.2 Å². The molecular weight excluding hydrogens is 330 g/mol. The first-order valence-corrected chi connectivity index (χ1v) is 7.60. The van der Waals surface area contributed by atoms with Crippen molar-refractivity contribution >= 4 is 37.6 Å². The Morgan fingerprint density at radius 3 is 2.71 bits per heavy atom. The van der Waals surface area contributed by atoms with E-state index >= 15 is 0 Å². The minimum absolute atomic E-state index is 0.0572. The van der Waals surface area contributed by atoms with E-state index < -0.39 is 10.0 Å². The number of benzene rings is 1. The molecule has 96 valence electrons. The van der Waals surface area contributed by atoms with E-state index in [0.29, 0.717) is 15.9 Å². The van der Waals surface area contributed by atoms with Crippen molar-refractivity contribution in [3.8, 4) is 0 Å². The van der Waals surface area contributed by atoms with Gasteiger partial charge in [-0.25, -0.2) is 13.1 Å². The lowest BCUT2D eigenvalue weighted by Gasteiger charge is -2.09. The summed E-state index contributed by atoms with van der Waals surface area (Å²) in [6, 6.07) is 3.06. The van der Waals surface area contributed by atoms with E-state index in [2.05, 4.69) is 20.7 Å². The predicted molar refractivity (Wildman–Crippen MR) is 70.8 cm³/mol. The molecule has 0 unspecified atom stereocenters. The fourth-order valence-electron chi connectivity index (χ4n) is 1.20. The lowest BCUT2D eigenvalue weighted by Crippen LogP contribution is -2.25. The first kappa shape index (κ1) is 14.9. The van der Waals surface area contributed by atoms with Gasteiger partial charge in [0.2, 0.25) is 10.0 Å². The lowest BCUT2D eigenvalue weighted by atomic mass is 10.2. The van der Waals surface area contributed by atoms with E-state index in [1.165, 1.54) is 6.07 Å². The molecule has 0 saturated heterocycles. The lowest BCUT2D eigenvalue weighted by molar-refractivity contribution is 0.289. The van der Waals surface area contributed by atoms with Crippen LogP contribution in [0.3, 0.4) is 0 Å². The third-order valence-electron chi connectivity index (χ3n) is 2.13. The minimum atomic E-state index is -3.59. The topological polar surface area (TPSA) is 66.4 Å². The Hall–Kier alpha value is -0.140. The minimum Gasteiger partial charge on any atom is -0.396 e. The van der Waals surface area contributed by atoms with Crippen LogP contribution in [0.2, 0.25) is 5.02 Å². The highest BCUT2D eigenvalue weighted by Crippen LogP contribution is 2.28. The molecule has 0 aliphatic rings. The van der Waals surface area contributed by atoms with E-state index in [1.54, 1.807) is 13.0 Å². The maximum absolute atomic E-state index is 11.9. The van der Waals surface area contributed by atoms with Gasteiger partial charge in [0.15, 0.2) is 0 Å². The Morgan fingerprint density at radius 1 is 1.47 bits per heavy atom. The third-order valence-corrected chi connectivity index (χ3v) is 4.96. The van der Waals surface area contributed by atoms with Crippen LogP contribution in [0.5, 0.6) is 0 Å². The Morgan fingerprint density at radius 2 is 2.12 bits per heavy atom. The van der Waals surface area contributed by atoms with Crippen LogP contribution in [0.4, 0.5) is 0 Å². The molecule has 0 heterocycles. The first-order chi connectivity index (χ1) is 7.88. The summed E-state index contributed by atoms with van der Waals surface area (Å²) >= 11 is 9.10. The van der Waals surface area contributed by atoms with Gasteiger partial charge >= 0.3 is 0 Å². The highest BCUT2D eigenvalue weighted by atomic mass is 79.9.